The van der Waals surface area contributed by atoms with Crippen molar-refractivity contribution in [1.29, 1.82) is 0 Å². The van der Waals surface area contributed by atoms with Crippen molar-refractivity contribution in [2.45, 2.75) is 13.0 Å². The first-order chi connectivity index (χ1) is 5.79. The van der Waals surface area contributed by atoms with Gasteiger partial charge in [0, 0.05) is 12.4 Å². The number of aliphatic imine (C=N–C) groups is 2. The van der Waals surface area contributed by atoms with Crippen molar-refractivity contribution in [3.63, 3.8) is 0 Å². The predicted octanol–water partition coefficient (Wildman–Crippen LogP) is 0.117. The van der Waals surface area contributed by atoms with Crippen LogP contribution in [-0.2, 0) is 4.79 Å². The largest absolute Gasteiger partial charge is 0.332 e. The van der Waals surface area contributed by atoms with E-state index in [4.69, 9.17) is 0 Å². The lowest BCUT2D eigenvalue weighted by Gasteiger charge is -2.25. The van der Waals surface area contributed by atoms with Gasteiger partial charge in [0.1, 0.15) is 6.34 Å². The topological polar surface area (TPSA) is 53.8 Å². The van der Waals surface area contributed by atoms with Crippen LogP contribution in [0.2, 0.25) is 0 Å². The Hall–Kier alpha value is -1.45. The second kappa shape index (κ2) is 2.55. The Labute approximate surface area is 70.1 Å². The van der Waals surface area contributed by atoms with Gasteiger partial charge >= 0.3 is 0 Å². The number of hydrogen-bond acceptors (Lipinski definition) is 3. The molecule has 4 nitrogen and oxygen atoms in total. The summed E-state index contributed by atoms with van der Waals surface area (Å²) in [5.41, 5.74) is 1.07. The van der Waals surface area contributed by atoms with Gasteiger partial charge in [0.15, 0.2) is 0 Å². The average molecular weight is 163 g/mol. The van der Waals surface area contributed by atoms with E-state index < -0.39 is 0 Å². The van der Waals surface area contributed by atoms with Crippen LogP contribution in [0, 0.1) is 5.92 Å². The summed E-state index contributed by atoms with van der Waals surface area (Å²) in [6.07, 6.45) is 4.85. The van der Waals surface area contributed by atoms with E-state index >= 15 is 0 Å². The van der Waals surface area contributed by atoms with E-state index in [1.807, 2.05) is 6.92 Å². The van der Waals surface area contributed by atoms with Crippen LogP contribution in [0.25, 0.3) is 0 Å². The van der Waals surface area contributed by atoms with Crippen LogP contribution >= 0.6 is 0 Å². The molecule has 0 saturated carbocycles. The number of nitrogens with zero attached hydrogens (tertiary/aromatic N) is 2. The van der Waals surface area contributed by atoms with Crippen molar-refractivity contribution in [2.24, 2.45) is 15.9 Å². The second-order valence-corrected chi connectivity index (χ2v) is 2.93. The number of fused-ring (bicyclic) bond motifs is 1. The van der Waals surface area contributed by atoms with Crippen LogP contribution in [0.1, 0.15) is 6.92 Å². The van der Waals surface area contributed by atoms with Gasteiger partial charge in [-0.25, -0.2) is 4.99 Å². The maximum absolute atomic E-state index is 11.3. The van der Waals surface area contributed by atoms with Gasteiger partial charge in [0.05, 0.1) is 12.0 Å². The maximum atomic E-state index is 11.3. The molecule has 62 valence electrons. The lowest BCUT2D eigenvalue weighted by Crippen LogP contribution is -2.41. The zero-order chi connectivity index (χ0) is 8.55. The fourth-order valence-electron chi connectivity index (χ4n) is 1.39. The summed E-state index contributed by atoms with van der Waals surface area (Å²) >= 11 is 0. The minimum atomic E-state index is -0.208. The van der Waals surface area contributed by atoms with E-state index in [0.29, 0.717) is 0 Å². The van der Waals surface area contributed by atoms with Gasteiger partial charge in [0.25, 0.3) is 0 Å². The molecule has 2 heterocycles. The minimum Gasteiger partial charge on any atom is -0.332 e. The molecule has 2 unspecified atom stereocenters. The van der Waals surface area contributed by atoms with Crippen LogP contribution in [0.15, 0.2) is 21.8 Å². The first-order valence-corrected chi connectivity index (χ1v) is 3.81. The van der Waals surface area contributed by atoms with Gasteiger partial charge in [0.2, 0.25) is 5.91 Å². The van der Waals surface area contributed by atoms with Gasteiger partial charge in [-0.15, -0.1) is 0 Å². The Morgan fingerprint density at radius 1 is 1.58 bits per heavy atom. The molecule has 0 aromatic carbocycles. The quantitative estimate of drug-likeness (QED) is 0.541. The second-order valence-electron chi connectivity index (χ2n) is 2.93. The Morgan fingerprint density at radius 2 is 2.42 bits per heavy atom. The molecular formula is C8H9N3O. The Balaban J connectivity index is 2.36. The molecule has 2 rings (SSSR count). The van der Waals surface area contributed by atoms with Gasteiger partial charge < -0.3 is 5.32 Å². The fraction of sp³-hybridized carbons (Fsp3) is 0.375. The Bertz CT molecular complexity index is 303. The van der Waals surface area contributed by atoms with Gasteiger partial charge in [-0.3, -0.25) is 9.79 Å². The highest BCUT2D eigenvalue weighted by molar-refractivity contribution is 5.99. The number of nitrogens with one attached hydrogen (secondary N) is 1. The molecule has 0 spiro atoms. The zero-order valence-corrected chi connectivity index (χ0v) is 6.69. The number of carbonyl (C=O) groups excluding carboxylic acids is 1. The fourth-order valence-corrected chi connectivity index (χ4v) is 1.39. The van der Waals surface area contributed by atoms with Gasteiger partial charge in [-0.2, -0.15) is 0 Å². The first-order valence-electron chi connectivity index (χ1n) is 3.81. The molecule has 2 aliphatic heterocycles. The highest BCUT2D eigenvalue weighted by Gasteiger charge is 2.31. The van der Waals surface area contributed by atoms with E-state index in [0.717, 1.165) is 5.57 Å². The summed E-state index contributed by atoms with van der Waals surface area (Å²) in [7, 11) is 0. The van der Waals surface area contributed by atoms with E-state index in [1.165, 1.54) is 6.34 Å². The zero-order valence-electron chi connectivity index (χ0n) is 6.69. The van der Waals surface area contributed by atoms with Crippen molar-refractivity contribution in [3.8, 4) is 0 Å². The smallest absolute Gasteiger partial charge is 0.234 e. The van der Waals surface area contributed by atoms with Crippen molar-refractivity contribution >= 4 is 18.5 Å². The molecule has 0 aromatic heterocycles. The van der Waals surface area contributed by atoms with Gasteiger partial charge in [-0.1, -0.05) is 0 Å². The standard InChI is InChI=1S/C8H9N3O/c1-5-2-10-8(12)6-3-9-4-11-7(5)6/h2-4,6-7H,1H3,(H,10,12). The summed E-state index contributed by atoms with van der Waals surface area (Å²) in [5, 5.41) is 2.66. The average Bonchev–Trinajstić information content (AvgIpc) is 2.12. The van der Waals surface area contributed by atoms with Crippen molar-refractivity contribution in [2.75, 3.05) is 0 Å². The van der Waals surface area contributed by atoms with Crippen LogP contribution in [0.4, 0.5) is 0 Å². The first kappa shape index (κ1) is 7.21. The van der Waals surface area contributed by atoms with Crippen molar-refractivity contribution in [3.05, 3.63) is 11.8 Å². The van der Waals surface area contributed by atoms with Crippen molar-refractivity contribution in [1.82, 2.24) is 5.32 Å². The number of amides is 1. The molecule has 0 bridgehead atoms. The third kappa shape index (κ3) is 0.958. The lowest BCUT2D eigenvalue weighted by atomic mass is 9.92. The molecule has 0 radical (unpaired) electrons. The molecule has 2 aliphatic rings. The van der Waals surface area contributed by atoms with E-state index in [1.54, 1.807) is 12.4 Å². The third-order valence-electron chi connectivity index (χ3n) is 2.09. The lowest BCUT2D eigenvalue weighted by molar-refractivity contribution is -0.122. The minimum absolute atomic E-state index is 0.0220. The molecule has 0 saturated heterocycles. The van der Waals surface area contributed by atoms with Crippen molar-refractivity contribution < 1.29 is 4.79 Å². The highest BCUT2D eigenvalue weighted by atomic mass is 16.1. The normalized spacial score (nSPS) is 32.4. The van der Waals surface area contributed by atoms with Crippen LogP contribution in [0.3, 0.4) is 0 Å². The SMILES string of the molecule is CC1=CNC(=O)C2C=NC=NC12. The Morgan fingerprint density at radius 3 is 3.17 bits per heavy atom. The highest BCUT2D eigenvalue weighted by Crippen LogP contribution is 2.20. The summed E-state index contributed by atoms with van der Waals surface area (Å²) in [6, 6.07) is -0.0312. The molecule has 0 fully saturated rings. The molecule has 4 heteroatoms. The summed E-state index contributed by atoms with van der Waals surface area (Å²) in [5.74, 6) is -0.230. The number of carbonyl (C=O) groups is 1. The number of rotatable bonds is 0. The molecule has 0 aliphatic carbocycles. The monoisotopic (exact) mass is 163 g/mol. The molecular weight excluding hydrogens is 154 g/mol. The summed E-state index contributed by atoms with van der Waals surface area (Å²) in [4.78, 5) is 19.2. The molecule has 12 heavy (non-hydrogen) atoms. The summed E-state index contributed by atoms with van der Waals surface area (Å²) < 4.78 is 0. The molecule has 1 amide bonds. The third-order valence-corrected chi connectivity index (χ3v) is 2.09. The summed E-state index contributed by atoms with van der Waals surface area (Å²) in [6.45, 7) is 1.95. The molecule has 1 N–H and O–H groups in total. The number of hydrogen-bond donors (Lipinski definition) is 1. The van der Waals surface area contributed by atoms with E-state index in [9.17, 15) is 4.79 Å². The van der Waals surface area contributed by atoms with Crippen LogP contribution in [-0.4, -0.2) is 24.5 Å². The van der Waals surface area contributed by atoms with Crippen LogP contribution in [0.5, 0.6) is 0 Å². The van der Waals surface area contributed by atoms with E-state index in [-0.39, 0.29) is 17.9 Å². The van der Waals surface area contributed by atoms with Crippen LogP contribution < -0.4 is 5.32 Å². The predicted molar refractivity (Wildman–Crippen MR) is 46.2 cm³/mol. The molecule has 0 aromatic rings. The van der Waals surface area contributed by atoms with E-state index in [2.05, 4.69) is 15.3 Å². The molecule has 2 atom stereocenters. The maximum Gasteiger partial charge on any atom is 0.234 e. The Kier molecular flexibility index (Phi) is 1.53. The van der Waals surface area contributed by atoms with Gasteiger partial charge in [-0.05, 0) is 12.5 Å².